The summed E-state index contributed by atoms with van der Waals surface area (Å²) >= 11 is 4.08. The number of hydrogen-bond donors (Lipinski definition) is 0. The Labute approximate surface area is 77.0 Å². The lowest BCUT2D eigenvalue weighted by Gasteiger charge is -2.27. The molecule has 0 fully saturated rings. The van der Waals surface area contributed by atoms with Crippen molar-refractivity contribution in [2.45, 2.75) is 9.62 Å². The van der Waals surface area contributed by atoms with Crippen LogP contribution in [0.4, 0.5) is 0 Å². The van der Waals surface area contributed by atoms with E-state index in [0.29, 0.717) is 13.2 Å². The fraction of sp³-hybridized carbons (Fsp3) is 0.375. The molecule has 0 bridgehead atoms. The molecule has 0 nitrogen and oxygen atoms in total. The first-order valence-electron chi connectivity index (χ1n) is 3.79. The van der Waals surface area contributed by atoms with Gasteiger partial charge in [0.1, 0.15) is 0 Å². The van der Waals surface area contributed by atoms with Gasteiger partial charge in [-0.2, -0.15) is 0 Å². The van der Waals surface area contributed by atoms with E-state index >= 15 is 0 Å². The Balaban J connectivity index is 2.09. The Kier molecular flexibility index (Phi) is 1.32. The maximum Gasteiger partial charge on any atom is 0.0851 e. The average molecular weight is 196 g/mol. The van der Waals surface area contributed by atoms with Crippen molar-refractivity contribution in [2.75, 3.05) is 0 Å². The van der Waals surface area contributed by atoms with E-state index in [4.69, 9.17) is 0 Å². The maximum absolute atomic E-state index is 2.55. The van der Waals surface area contributed by atoms with Crippen LogP contribution in [0.15, 0.2) is 23.0 Å². The lowest BCUT2D eigenvalue weighted by molar-refractivity contribution is 0.780. The first-order chi connectivity index (χ1) is 5.42. The predicted octanol–water partition coefficient (Wildman–Crippen LogP) is 1.86. The van der Waals surface area contributed by atoms with Gasteiger partial charge < -0.3 is 0 Å². The third-order valence-corrected chi connectivity index (χ3v) is 7.80. The van der Waals surface area contributed by atoms with Crippen molar-refractivity contribution in [1.82, 2.24) is 0 Å². The lowest BCUT2D eigenvalue weighted by atomic mass is 10.1. The van der Waals surface area contributed by atoms with Crippen molar-refractivity contribution in [1.29, 1.82) is 0 Å². The van der Waals surface area contributed by atoms with Crippen molar-refractivity contribution >= 4 is 38.3 Å². The van der Waals surface area contributed by atoms with Gasteiger partial charge in [0.15, 0.2) is 0 Å². The van der Waals surface area contributed by atoms with Crippen molar-refractivity contribution in [3.63, 3.8) is 0 Å². The summed E-state index contributed by atoms with van der Waals surface area (Å²) in [7, 11) is 0.575. The third-order valence-electron chi connectivity index (χ3n) is 2.53. The molecular formula is C8H8S2Si. The summed E-state index contributed by atoms with van der Waals surface area (Å²) in [5.74, 6) is 0.771. The van der Waals surface area contributed by atoms with Gasteiger partial charge in [-0.1, -0.05) is 17.8 Å². The van der Waals surface area contributed by atoms with Crippen molar-refractivity contribution in [3.8, 4) is 0 Å². The maximum atomic E-state index is 2.55. The van der Waals surface area contributed by atoms with E-state index in [0.717, 1.165) is 11.5 Å². The standard InChI is InChI=1S/C8H8S2Si/c1-3-9-8-6(1)5-11-7(8)2-4-10-8/h1-7,11H. The van der Waals surface area contributed by atoms with Gasteiger partial charge in [0.25, 0.3) is 0 Å². The molecule has 0 aliphatic carbocycles. The SMILES string of the molecule is C1=CC2C=[SiH]C3C=CSC23S1. The number of hydrogen-bond acceptors (Lipinski definition) is 2. The number of rotatable bonds is 0. The van der Waals surface area contributed by atoms with Gasteiger partial charge in [-0.15, -0.1) is 23.5 Å². The Morgan fingerprint density at radius 1 is 1.18 bits per heavy atom. The average Bonchev–Trinajstić information content (AvgIpc) is 2.55. The highest BCUT2D eigenvalue weighted by molar-refractivity contribution is 8.21. The first-order valence-corrected chi connectivity index (χ1v) is 6.88. The van der Waals surface area contributed by atoms with E-state index in [9.17, 15) is 0 Å². The summed E-state index contributed by atoms with van der Waals surface area (Å²) in [4.78, 5) is 0. The van der Waals surface area contributed by atoms with Crippen molar-refractivity contribution < 1.29 is 0 Å². The van der Waals surface area contributed by atoms with E-state index < -0.39 is 0 Å². The molecule has 3 heteroatoms. The van der Waals surface area contributed by atoms with Gasteiger partial charge in [0.05, 0.1) is 4.08 Å². The molecule has 0 aromatic heterocycles. The van der Waals surface area contributed by atoms with Gasteiger partial charge in [-0.25, -0.2) is 0 Å². The van der Waals surface area contributed by atoms with Gasteiger partial charge in [0.2, 0.25) is 0 Å². The van der Waals surface area contributed by atoms with Crippen LogP contribution in [0.2, 0.25) is 5.54 Å². The van der Waals surface area contributed by atoms with Crippen LogP contribution in [0.25, 0.3) is 0 Å². The van der Waals surface area contributed by atoms with E-state index in [1.165, 1.54) is 0 Å². The van der Waals surface area contributed by atoms with Crippen LogP contribution in [-0.4, -0.2) is 18.9 Å². The number of allylic oxidation sites excluding steroid dienone is 2. The summed E-state index contributed by atoms with van der Waals surface area (Å²) in [5, 5.41) is 4.59. The summed E-state index contributed by atoms with van der Waals surface area (Å²) in [6, 6.07) is 0. The molecule has 3 aliphatic rings. The van der Waals surface area contributed by atoms with Crippen LogP contribution in [0.1, 0.15) is 0 Å². The molecule has 0 saturated carbocycles. The van der Waals surface area contributed by atoms with Crippen molar-refractivity contribution in [3.05, 3.63) is 23.0 Å². The second-order valence-corrected chi connectivity index (χ2v) is 7.16. The predicted molar refractivity (Wildman–Crippen MR) is 56.6 cm³/mol. The van der Waals surface area contributed by atoms with Crippen LogP contribution in [0, 0.1) is 5.92 Å². The Hall–Kier alpha value is 0.267. The summed E-state index contributed by atoms with van der Waals surface area (Å²) in [5.41, 5.74) is 3.44. The zero-order valence-corrected chi connectivity index (χ0v) is 8.72. The molecular weight excluding hydrogens is 188 g/mol. The summed E-state index contributed by atoms with van der Waals surface area (Å²) < 4.78 is 0.509. The zero-order chi connectivity index (χ0) is 7.31. The van der Waals surface area contributed by atoms with Crippen LogP contribution >= 0.6 is 23.5 Å². The molecule has 11 heavy (non-hydrogen) atoms. The van der Waals surface area contributed by atoms with Crippen molar-refractivity contribution in [2.24, 2.45) is 5.92 Å². The van der Waals surface area contributed by atoms with E-state index in [1.807, 2.05) is 23.5 Å². The minimum atomic E-state index is 0.509. The summed E-state index contributed by atoms with van der Waals surface area (Å²) in [6.45, 7) is 0. The Bertz CT molecular complexity index is 252. The number of thioether (sulfide) groups is 2. The molecule has 3 heterocycles. The van der Waals surface area contributed by atoms with Gasteiger partial charge in [-0.3, -0.25) is 0 Å². The minimum absolute atomic E-state index is 0.509. The molecule has 3 aliphatic heterocycles. The van der Waals surface area contributed by atoms with Crippen LogP contribution in [-0.2, 0) is 0 Å². The lowest BCUT2D eigenvalue weighted by Crippen LogP contribution is -2.23. The first kappa shape index (κ1) is 6.75. The molecule has 3 rings (SSSR count). The van der Waals surface area contributed by atoms with Gasteiger partial charge in [0, 0.05) is 11.5 Å². The monoisotopic (exact) mass is 196 g/mol. The largest absolute Gasteiger partial charge is 0.115 e. The second kappa shape index (κ2) is 2.15. The third kappa shape index (κ3) is 0.718. The minimum Gasteiger partial charge on any atom is -0.115 e. The summed E-state index contributed by atoms with van der Waals surface area (Å²) in [6.07, 6.45) is 4.79. The molecule has 1 spiro atoms. The Morgan fingerprint density at radius 2 is 2.00 bits per heavy atom. The molecule has 0 saturated heterocycles. The normalized spacial score (nSPS) is 50.2. The quantitative estimate of drug-likeness (QED) is 0.542. The fourth-order valence-corrected chi connectivity index (χ4v) is 7.53. The second-order valence-electron chi connectivity index (χ2n) is 3.05. The fourth-order valence-electron chi connectivity index (χ4n) is 1.93. The smallest absolute Gasteiger partial charge is 0.0851 e. The van der Waals surface area contributed by atoms with Gasteiger partial charge in [-0.05, 0) is 19.9 Å². The topological polar surface area (TPSA) is 0 Å². The highest BCUT2D eigenvalue weighted by Crippen LogP contribution is 2.61. The molecule has 3 atom stereocenters. The van der Waals surface area contributed by atoms with E-state index in [-0.39, 0.29) is 0 Å². The van der Waals surface area contributed by atoms with Crippen LogP contribution in [0.3, 0.4) is 0 Å². The Morgan fingerprint density at radius 3 is 2.91 bits per heavy atom. The zero-order valence-electron chi connectivity index (χ0n) is 5.94. The highest BCUT2D eigenvalue weighted by atomic mass is 32.2. The molecule has 0 amide bonds. The molecule has 0 radical (unpaired) electrons. The van der Waals surface area contributed by atoms with Gasteiger partial charge >= 0.3 is 0 Å². The highest BCUT2D eigenvalue weighted by Gasteiger charge is 2.49. The molecule has 0 N–H and O–H groups in total. The molecule has 0 aromatic carbocycles. The molecule has 56 valence electrons. The molecule has 3 unspecified atom stereocenters. The van der Waals surface area contributed by atoms with Crippen LogP contribution in [0.5, 0.6) is 0 Å². The molecule has 0 aromatic rings. The van der Waals surface area contributed by atoms with E-state index in [2.05, 4.69) is 28.6 Å². The van der Waals surface area contributed by atoms with E-state index in [1.54, 1.807) is 0 Å². The van der Waals surface area contributed by atoms with Crippen LogP contribution < -0.4 is 0 Å².